The summed E-state index contributed by atoms with van der Waals surface area (Å²) in [4.78, 5) is 19.1. The van der Waals surface area contributed by atoms with Gasteiger partial charge in [0.1, 0.15) is 5.82 Å². The molecule has 0 aliphatic carbocycles. The first-order valence-electron chi connectivity index (χ1n) is 8.75. The lowest BCUT2D eigenvalue weighted by molar-refractivity contribution is -0.126. The molecule has 25 heavy (non-hydrogen) atoms. The van der Waals surface area contributed by atoms with Gasteiger partial charge >= 0.3 is 0 Å². The Balaban J connectivity index is 1.48. The molecule has 140 valence electrons. The number of nitrogens with zero attached hydrogens (tertiary/aromatic N) is 2. The van der Waals surface area contributed by atoms with Crippen LogP contribution in [0.5, 0.6) is 0 Å². The van der Waals surface area contributed by atoms with E-state index in [1.807, 2.05) is 13.0 Å². The van der Waals surface area contributed by atoms with Crippen molar-refractivity contribution >= 4 is 33.9 Å². The molecule has 1 aromatic heterocycles. The Morgan fingerprint density at radius 2 is 1.92 bits per heavy atom. The minimum absolute atomic E-state index is 0.0203. The van der Waals surface area contributed by atoms with Crippen molar-refractivity contribution in [2.24, 2.45) is 5.92 Å². The second kappa shape index (κ2) is 7.70. The summed E-state index contributed by atoms with van der Waals surface area (Å²) in [5, 5.41) is 3.77. The smallest absolute Gasteiger partial charge is 0.223 e. The summed E-state index contributed by atoms with van der Waals surface area (Å²) in [5.74, 6) is 1.84. The molecule has 0 aromatic carbocycles. The van der Waals surface area contributed by atoms with Crippen molar-refractivity contribution in [1.82, 2.24) is 10.3 Å². The van der Waals surface area contributed by atoms with Gasteiger partial charge in [0.05, 0.1) is 5.02 Å². The molecule has 2 aliphatic heterocycles. The van der Waals surface area contributed by atoms with Gasteiger partial charge in [0.15, 0.2) is 0 Å². The molecule has 8 heteroatoms. The van der Waals surface area contributed by atoms with Crippen LogP contribution in [0.4, 0.5) is 5.82 Å². The Hall–Kier alpha value is -1.02. The number of halogens is 1. The molecular weight excluding hydrogens is 362 g/mol. The van der Waals surface area contributed by atoms with Crippen LogP contribution in [-0.2, 0) is 4.79 Å². The number of hydrogen-bond acceptors (Lipinski definition) is 5. The fraction of sp³-hybridized carbons (Fsp3) is 0.647. The largest absolute Gasteiger partial charge is 0.357 e. The Labute approximate surface area is 155 Å². The van der Waals surface area contributed by atoms with Crippen molar-refractivity contribution in [3.63, 3.8) is 0 Å². The van der Waals surface area contributed by atoms with Gasteiger partial charge in [-0.15, -0.1) is 0 Å². The maximum absolute atomic E-state index is 12.5. The first-order valence-corrected chi connectivity index (χ1v) is 11.0. The van der Waals surface area contributed by atoms with Crippen LogP contribution < -0.4 is 10.2 Å². The monoisotopic (exact) mass is 387 g/mol. The van der Waals surface area contributed by atoms with Gasteiger partial charge in [-0.2, -0.15) is 10.6 Å². The van der Waals surface area contributed by atoms with Gasteiger partial charge in [-0.3, -0.25) is 13.9 Å². The Kier molecular flexibility index (Phi) is 5.78. The Bertz CT molecular complexity index is 626. The molecule has 0 radical (unpaired) electrons. The summed E-state index contributed by atoms with van der Waals surface area (Å²) in [6.07, 6.45) is 4.59. The molecule has 3 heterocycles. The van der Waals surface area contributed by atoms with Crippen LogP contribution in [0.25, 0.3) is 0 Å². The zero-order chi connectivity index (χ0) is 18.0. The maximum Gasteiger partial charge on any atom is 0.223 e. The minimum Gasteiger partial charge on any atom is -0.357 e. The van der Waals surface area contributed by atoms with Gasteiger partial charge in [-0.05, 0) is 44.2 Å². The molecule has 1 aromatic rings. The number of carbonyl (C=O) groups excluding carboxylic acids is 1. The highest BCUT2D eigenvalue weighted by Crippen LogP contribution is 2.43. The first kappa shape index (κ1) is 18.8. The van der Waals surface area contributed by atoms with Crippen LogP contribution in [0, 0.1) is 12.8 Å². The van der Waals surface area contributed by atoms with Crippen molar-refractivity contribution < 1.29 is 13.9 Å². The number of nitrogens with one attached hydrogen (secondary N) is 1. The molecule has 3 rings (SSSR count). The number of rotatable bonds is 3. The number of anilines is 1. The van der Waals surface area contributed by atoms with E-state index in [4.69, 9.17) is 11.6 Å². The Morgan fingerprint density at radius 1 is 1.28 bits per heavy atom. The average molecular weight is 388 g/mol. The number of aromatic nitrogens is 1. The molecule has 0 spiro atoms. The topological polar surface area (TPSA) is 85.7 Å². The molecule has 1 amide bonds. The third kappa shape index (κ3) is 4.78. The zero-order valence-electron chi connectivity index (χ0n) is 14.4. The van der Waals surface area contributed by atoms with Crippen molar-refractivity contribution in [2.75, 3.05) is 29.5 Å². The molecule has 2 fully saturated rings. The van der Waals surface area contributed by atoms with E-state index in [0.29, 0.717) is 29.4 Å². The lowest BCUT2D eigenvalue weighted by Crippen LogP contribution is -2.46. The summed E-state index contributed by atoms with van der Waals surface area (Å²) >= 11 is 6.03. The highest BCUT2D eigenvalue weighted by molar-refractivity contribution is 8.24. The quantitative estimate of drug-likeness (QED) is 0.740. The average Bonchev–Trinajstić information content (AvgIpc) is 2.59. The van der Waals surface area contributed by atoms with Crippen LogP contribution in [0.3, 0.4) is 0 Å². The van der Waals surface area contributed by atoms with E-state index in [1.54, 1.807) is 6.20 Å². The third-order valence-electron chi connectivity index (χ3n) is 5.16. The second-order valence-corrected chi connectivity index (χ2v) is 9.87. The number of hydrogen-bond donors (Lipinski definition) is 3. The number of piperidine rings is 1. The van der Waals surface area contributed by atoms with E-state index < -0.39 is 10.6 Å². The fourth-order valence-electron chi connectivity index (χ4n) is 3.44. The lowest BCUT2D eigenvalue weighted by atomic mass is 9.95. The SMILES string of the molecule is Cc1cc(N2CCC(C(=O)NC3CCS(O)(O)CC3)CC2)ncc1Cl. The molecule has 3 N–H and O–H groups in total. The van der Waals surface area contributed by atoms with Crippen molar-refractivity contribution in [1.29, 1.82) is 0 Å². The highest BCUT2D eigenvalue weighted by Gasteiger charge is 2.29. The van der Waals surface area contributed by atoms with E-state index >= 15 is 0 Å². The molecule has 0 atom stereocenters. The second-order valence-electron chi connectivity index (χ2n) is 7.05. The maximum atomic E-state index is 12.5. The molecule has 2 saturated heterocycles. The molecule has 2 aliphatic rings. The van der Waals surface area contributed by atoms with Gasteiger partial charge in [-0.25, -0.2) is 4.98 Å². The number of aryl methyl sites for hydroxylation is 1. The first-order chi connectivity index (χ1) is 11.8. The van der Waals surface area contributed by atoms with Crippen molar-refractivity contribution in [3.05, 3.63) is 22.8 Å². The number of carbonyl (C=O) groups is 1. The molecule has 0 bridgehead atoms. The summed E-state index contributed by atoms with van der Waals surface area (Å²) in [6, 6.07) is 2.06. The van der Waals surface area contributed by atoms with Gasteiger partial charge < -0.3 is 10.2 Å². The van der Waals surface area contributed by atoms with Crippen LogP contribution in [0.1, 0.15) is 31.2 Å². The summed E-state index contributed by atoms with van der Waals surface area (Å²) in [7, 11) is -2.40. The van der Waals surface area contributed by atoms with Gasteiger partial charge in [0, 0.05) is 42.8 Å². The van der Waals surface area contributed by atoms with Crippen LogP contribution in [0.2, 0.25) is 5.02 Å². The van der Waals surface area contributed by atoms with E-state index in [-0.39, 0.29) is 17.9 Å². The van der Waals surface area contributed by atoms with E-state index in [1.165, 1.54) is 0 Å². The molecule has 0 unspecified atom stereocenters. The number of amides is 1. The predicted molar refractivity (Wildman–Crippen MR) is 103 cm³/mol. The van der Waals surface area contributed by atoms with Gasteiger partial charge in [0.2, 0.25) is 5.91 Å². The van der Waals surface area contributed by atoms with E-state index in [0.717, 1.165) is 37.3 Å². The normalized spacial score (nSPS) is 23.3. The van der Waals surface area contributed by atoms with Crippen molar-refractivity contribution in [2.45, 2.75) is 38.6 Å². The summed E-state index contributed by atoms with van der Waals surface area (Å²) in [6.45, 7) is 3.57. The van der Waals surface area contributed by atoms with Crippen molar-refractivity contribution in [3.8, 4) is 0 Å². The van der Waals surface area contributed by atoms with E-state index in [2.05, 4.69) is 15.2 Å². The predicted octanol–water partition coefficient (Wildman–Crippen LogP) is 3.29. The lowest BCUT2D eigenvalue weighted by Gasteiger charge is -2.40. The fourth-order valence-corrected chi connectivity index (χ4v) is 5.07. The third-order valence-corrected chi connectivity index (χ3v) is 7.33. The van der Waals surface area contributed by atoms with E-state index in [9.17, 15) is 13.9 Å². The minimum atomic E-state index is -2.40. The molecule has 6 nitrogen and oxygen atoms in total. The Morgan fingerprint density at radius 3 is 2.52 bits per heavy atom. The highest BCUT2D eigenvalue weighted by atomic mass is 35.5. The summed E-state index contributed by atoms with van der Waals surface area (Å²) < 4.78 is 19.3. The summed E-state index contributed by atoms with van der Waals surface area (Å²) in [5.41, 5.74) is 1.01. The van der Waals surface area contributed by atoms with Crippen LogP contribution >= 0.6 is 22.2 Å². The molecule has 0 saturated carbocycles. The number of pyridine rings is 1. The standard InChI is InChI=1S/C17H26ClN3O3S/c1-12-10-16(19-11-15(12)18)21-6-2-13(3-7-21)17(22)20-14-4-8-25(23,24)9-5-14/h10-11,13-14,23-24H,2-9H2,1H3,(H,20,22). The van der Waals surface area contributed by atoms with Crippen LogP contribution in [0.15, 0.2) is 12.3 Å². The van der Waals surface area contributed by atoms with Crippen LogP contribution in [-0.4, -0.2) is 50.6 Å². The molecular formula is C17H26ClN3O3S. The van der Waals surface area contributed by atoms with Gasteiger partial charge in [-0.1, -0.05) is 11.6 Å². The zero-order valence-corrected chi connectivity index (χ0v) is 16.0. The van der Waals surface area contributed by atoms with Gasteiger partial charge in [0.25, 0.3) is 0 Å².